The summed E-state index contributed by atoms with van der Waals surface area (Å²) in [5, 5.41) is 9.59. The molecule has 0 aliphatic carbocycles. The Hall–Kier alpha value is -0.790. The van der Waals surface area contributed by atoms with Crippen molar-refractivity contribution in [1.29, 1.82) is 0 Å². The third-order valence-electron chi connectivity index (χ3n) is 2.92. The van der Waals surface area contributed by atoms with Gasteiger partial charge in [0.05, 0.1) is 12.7 Å². The lowest BCUT2D eigenvalue weighted by molar-refractivity contribution is 0.0601. The summed E-state index contributed by atoms with van der Waals surface area (Å²) in [5.74, 6) is 1.26. The highest BCUT2D eigenvalue weighted by Crippen LogP contribution is 2.30. The Morgan fingerprint density at radius 1 is 1.50 bits per heavy atom. The van der Waals surface area contributed by atoms with Crippen LogP contribution in [0, 0.1) is 5.92 Å². The number of thiocarbonyl (C=S) groups is 1. The van der Waals surface area contributed by atoms with Crippen LogP contribution in [0.2, 0.25) is 0 Å². The predicted molar refractivity (Wildman–Crippen MR) is 101 cm³/mol. The summed E-state index contributed by atoms with van der Waals surface area (Å²) in [6.07, 6.45) is 3.98. The molecule has 0 atom stereocenters. The van der Waals surface area contributed by atoms with Gasteiger partial charge in [0.2, 0.25) is 0 Å². The SMILES string of the molecule is COC(=O)c1c(CC(C)C)csc1NC(=S)NCCCSC. The second kappa shape index (κ2) is 10.1. The summed E-state index contributed by atoms with van der Waals surface area (Å²) in [6.45, 7) is 5.08. The molecule has 1 aromatic rings. The number of thioether (sulfide) groups is 1. The molecule has 0 aromatic carbocycles. The number of carbonyl (C=O) groups is 1. The molecule has 0 aliphatic heterocycles. The van der Waals surface area contributed by atoms with Crippen molar-refractivity contribution in [3.63, 3.8) is 0 Å². The standard InChI is InChI=1S/C15H24N2O2S3/c1-10(2)8-11-9-22-13(12(11)14(18)19-3)17-15(20)16-6-5-7-21-4/h9-10H,5-8H2,1-4H3,(H2,16,17,20). The van der Waals surface area contributed by atoms with Crippen LogP contribution in [-0.4, -0.2) is 36.7 Å². The second-order valence-electron chi connectivity index (χ2n) is 5.28. The number of rotatable bonds is 8. The van der Waals surface area contributed by atoms with Crippen LogP contribution in [0.1, 0.15) is 36.2 Å². The molecule has 22 heavy (non-hydrogen) atoms. The van der Waals surface area contributed by atoms with Crippen molar-refractivity contribution in [2.75, 3.05) is 31.0 Å². The molecule has 0 radical (unpaired) electrons. The summed E-state index contributed by atoms with van der Waals surface area (Å²) >= 11 is 8.59. The molecule has 124 valence electrons. The summed E-state index contributed by atoms with van der Waals surface area (Å²) in [5.41, 5.74) is 1.62. The van der Waals surface area contributed by atoms with Crippen LogP contribution in [-0.2, 0) is 11.2 Å². The fourth-order valence-corrected chi connectivity index (χ4v) is 3.64. The lowest BCUT2D eigenvalue weighted by Crippen LogP contribution is -2.29. The molecular formula is C15H24N2O2S3. The van der Waals surface area contributed by atoms with Crippen molar-refractivity contribution in [1.82, 2.24) is 5.32 Å². The Balaban J connectivity index is 2.75. The van der Waals surface area contributed by atoms with Gasteiger partial charge in [-0.3, -0.25) is 0 Å². The van der Waals surface area contributed by atoms with Gasteiger partial charge in [-0.15, -0.1) is 11.3 Å². The number of ether oxygens (including phenoxy) is 1. The van der Waals surface area contributed by atoms with Gasteiger partial charge in [-0.1, -0.05) is 13.8 Å². The van der Waals surface area contributed by atoms with E-state index in [-0.39, 0.29) is 5.97 Å². The molecule has 1 heterocycles. The Morgan fingerprint density at radius 2 is 2.23 bits per heavy atom. The maximum atomic E-state index is 12.1. The smallest absolute Gasteiger partial charge is 0.341 e. The molecule has 0 spiro atoms. The number of nitrogens with one attached hydrogen (secondary N) is 2. The number of esters is 1. The zero-order valence-electron chi connectivity index (χ0n) is 13.5. The first-order valence-electron chi connectivity index (χ1n) is 7.22. The lowest BCUT2D eigenvalue weighted by atomic mass is 10.0. The maximum Gasteiger partial charge on any atom is 0.341 e. The molecule has 0 saturated carbocycles. The number of anilines is 1. The minimum absolute atomic E-state index is 0.315. The Morgan fingerprint density at radius 3 is 2.82 bits per heavy atom. The summed E-state index contributed by atoms with van der Waals surface area (Å²) < 4.78 is 4.91. The predicted octanol–water partition coefficient (Wildman–Crippen LogP) is 3.77. The van der Waals surface area contributed by atoms with E-state index in [1.165, 1.54) is 18.4 Å². The van der Waals surface area contributed by atoms with Gasteiger partial charge in [0.25, 0.3) is 0 Å². The van der Waals surface area contributed by atoms with E-state index in [9.17, 15) is 4.79 Å². The van der Waals surface area contributed by atoms with Gasteiger partial charge in [0.1, 0.15) is 5.00 Å². The molecule has 4 nitrogen and oxygen atoms in total. The van der Waals surface area contributed by atoms with Crippen LogP contribution in [0.25, 0.3) is 0 Å². The average Bonchev–Trinajstić information content (AvgIpc) is 2.84. The monoisotopic (exact) mass is 360 g/mol. The summed E-state index contributed by atoms with van der Waals surface area (Å²) in [7, 11) is 1.40. The zero-order chi connectivity index (χ0) is 16.5. The van der Waals surface area contributed by atoms with Gasteiger partial charge in [0.15, 0.2) is 5.11 Å². The van der Waals surface area contributed by atoms with Crippen LogP contribution in [0.15, 0.2) is 5.38 Å². The van der Waals surface area contributed by atoms with Gasteiger partial charge < -0.3 is 15.4 Å². The van der Waals surface area contributed by atoms with Crippen molar-refractivity contribution in [2.24, 2.45) is 5.92 Å². The number of carbonyl (C=O) groups excluding carboxylic acids is 1. The normalized spacial score (nSPS) is 10.6. The number of methoxy groups -OCH3 is 1. The average molecular weight is 361 g/mol. The number of hydrogen-bond donors (Lipinski definition) is 2. The Labute approximate surface area is 146 Å². The van der Waals surface area contributed by atoms with Crippen molar-refractivity contribution < 1.29 is 9.53 Å². The lowest BCUT2D eigenvalue weighted by Gasteiger charge is -2.11. The van der Waals surface area contributed by atoms with E-state index in [0.717, 1.165) is 35.7 Å². The minimum Gasteiger partial charge on any atom is -0.465 e. The molecular weight excluding hydrogens is 336 g/mol. The highest BCUT2D eigenvalue weighted by Gasteiger charge is 2.20. The molecule has 7 heteroatoms. The molecule has 0 aliphatic rings. The fraction of sp³-hybridized carbons (Fsp3) is 0.600. The maximum absolute atomic E-state index is 12.1. The molecule has 0 amide bonds. The van der Waals surface area contributed by atoms with E-state index >= 15 is 0 Å². The van der Waals surface area contributed by atoms with Crippen LogP contribution in [0.4, 0.5) is 5.00 Å². The Kier molecular flexibility index (Phi) is 8.82. The van der Waals surface area contributed by atoms with Crippen LogP contribution in [0.5, 0.6) is 0 Å². The first-order chi connectivity index (χ1) is 10.5. The van der Waals surface area contributed by atoms with Crippen molar-refractivity contribution in [3.8, 4) is 0 Å². The molecule has 1 aromatic heterocycles. The van der Waals surface area contributed by atoms with Gasteiger partial charge in [-0.2, -0.15) is 11.8 Å². The van der Waals surface area contributed by atoms with Crippen molar-refractivity contribution >= 4 is 51.4 Å². The van der Waals surface area contributed by atoms with Gasteiger partial charge in [-0.25, -0.2) is 4.79 Å². The van der Waals surface area contributed by atoms with Crippen LogP contribution < -0.4 is 10.6 Å². The van der Waals surface area contributed by atoms with Gasteiger partial charge >= 0.3 is 5.97 Å². The quantitative estimate of drug-likeness (QED) is 0.418. The Bertz CT molecular complexity index is 501. The van der Waals surface area contributed by atoms with Crippen LogP contribution in [0.3, 0.4) is 0 Å². The molecule has 2 N–H and O–H groups in total. The van der Waals surface area contributed by atoms with E-state index in [1.54, 1.807) is 0 Å². The molecule has 0 fully saturated rings. The van der Waals surface area contributed by atoms with E-state index in [1.807, 2.05) is 17.1 Å². The molecule has 0 bridgehead atoms. The fourth-order valence-electron chi connectivity index (χ4n) is 1.97. The third-order valence-corrected chi connectivity index (χ3v) is 4.81. The van der Waals surface area contributed by atoms with Gasteiger partial charge in [-0.05, 0) is 53.9 Å². The largest absolute Gasteiger partial charge is 0.465 e. The highest BCUT2D eigenvalue weighted by atomic mass is 32.2. The minimum atomic E-state index is -0.315. The van der Waals surface area contributed by atoms with Crippen LogP contribution >= 0.6 is 35.3 Å². The van der Waals surface area contributed by atoms with Gasteiger partial charge in [0, 0.05) is 6.54 Å². The molecule has 0 saturated heterocycles. The van der Waals surface area contributed by atoms with E-state index in [0.29, 0.717) is 16.6 Å². The second-order valence-corrected chi connectivity index (χ2v) is 7.56. The summed E-state index contributed by atoms with van der Waals surface area (Å²) in [4.78, 5) is 12.1. The van der Waals surface area contributed by atoms with Crippen molar-refractivity contribution in [2.45, 2.75) is 26.7 Å². The first kappa shape index (κ1) is 19.3. The van der Waals surface area contributed by atoms with E-state index in [4.69, 9.17) is 17.0 Å². The van der Waals surface area contributed by atoms with Crippen molar-refractivity contribution in [3.05, 3.63) is 16.5 Å². The summed E-state index contributed by atoms with van der Waals surface area (Å²) in [6, 6.07) is 0. The zero-order valence-corrected chi connectivity index (χ0v) is 16.0. The highest BCUT2D eigenvalue weighted by molar-refractivity contribution is 7.98. The topological polar surface area (TPSA) is 50.4 Å². The molecule has 0 unspecified atom stereocenters. The van der Waals surface area contributed by atoms with E-state index < -0.39 is 0 Å². The molecule has 1 rings (SSSR count). The van der Waals surface area contributed by atoms with E-state index in [2.05, 4.69) is 30.7 Å². The third kappa shape index (κ3) is 6.14. The number of thiophene rings is 1. The number of hydrogen-bond acceptors (Lipinski definition) is 5. The first-order valence-corrected chi connectivity index (χ1v) is 9.90.